The van der Waals surface area contributed by atoms with Gasteiger partial charge in [-0.15, -0.1) is 24.0 Å². The molecule has 5 heteroatoms. The van der Waals surface area contributed by atoms with Crippen LogP contribution in [0.2, 0.25) is 0 Å². The van der Waals surface area contributed by atoms with Gasteiger partial charge in [-0.05, 0) is 32.9 Å². The number of nitrogens with zero attached hydrogens (tertiary/aromatic N) is 1. The summed E-state index contributed by atoms with van der Waals surface area (Å²) in [5.41, 5.74) is 5.66. The molecular formula is C13H22IN3O. The van der Waals surface area contributed by atoms with E-state index < -0.39 is 0 Å². The first-order chi connectivity index (χ1) is 7.97. The van der Waals surface area contributed by atoms with Crippen molar-refractivity contribution in [3.8, 4) is 5.75 Å². The number of benzene rings is 1. The van der Waals surface area contributed by atoms with Gasteiger partial charge in [-0.25, -0.2) is 4.99 Å². The minimum absolute atomic E-state index is 0. The Morgan fingerprint density at radius 2 is 1.89 bits per heavy atom. The molecule has 1 rings (SSSR count). The van der Waals surface area contributed by atoms with Gasteiger partial charge in [-0.2, -0.15) is 0 Å². The van der Waals surface area contributed by atoms with Gasteiger partial charge in [0.05, 0.1) is 6.54 Å². The van der Waals surface area contributed by atoms with Gasteiger partial charge in [0.1, 0.15) is 12.4 Å². The highest BCUT2D eigenvalue weighted by Gasteiger charge is 2.09. The lowest BCUT2D eigenvalue weighted by Gasteiger charge is -2.20. The topological polar surface area (TPSA) is 59.6 Å². The number of hydrogen-bond acceptors (Lipinski definition) is 2. The molecule has 0 aliphatic rings. The Labute approximate surface area is 126 Å². The zero-order valence-electron chi connectivity index (χ0n) is 11.1. The summed E-state index contributed by atoms with van der Waals surface area (Å²) in [6.07, 6.45) is 0. The van der Waals surface area contributed by atoms with Crippen molar-refractivity contribution in [1.82, 2.24) is 5.32 Å². The minimum Gasteiger partial charge on any atom is -0.492 e. The predicted molar refractivity (Wildman–Crippen MR) is 86.7 cm³/mol. The van der Waals surface area contributed by atoms with E-state index in [0.29, 0.717) is 19.1 Å². The van der Waals surface area contributed by atoms with Gasteiger partial charge in [0, 0.05) is 5.54 Å². The fraction of sp³-hybridized carbons (Fsp3) is 0.462. The molecule has 4 nitrogen and oxygen atoms in total. The molecule has 0 aliphatic heterocycles. The van der Waals surface area contributed by atoms with Crippen LogP contribution in [-0.2, 0) is 0 Å². The third kappa shape index (κ3) is 8.16. The highest BCUT2D eigenvalue weighted by Crippen LogP contribution is 2.07. The number of ether oxygens (including phenoxy) is 1. The summed E-state index contributed by atoms with van der Waals surface area (Å²) >= 11 is 0. The summed E-state index contributed by atoms with van der Waals surface area (Å²) < 4.78 is 5.50. The standard InChI is InChI=1S/C13H21N3O.HI/c1-13(2,3)16-12(14)15-9-10-17-11-7-5-4-6-8-11;/h4-8H,9-10H2,1-3H3,(H3,14,15,16);1H. The first kappa shape index (κ1) is 17.0. The Balaban J connectivity index is 0.00000289. The van der Waals surface area contributed by atoms with Gasteiger partial charge in [0.2, 0.25) is 0 Å². The van der Waals surface area contributed by atoms with Crippen LogP contribution in [0.1, 0.15) is 20.8 Å². The molecule has 1 aromatic carbocycles. The third-order valence-corrected chi connectivity index (χ3v) is 1.89. The van der Waals surface area contributed by atoms with Gasteiger partial charge in [-0.1, -0.05) is 18.2 Å². The smallest absolute Gasteiger partial charge is 0.189 e. The van der Waals surface area contributed by atoms with E-state index in [0.717, 1.165) is 5.75 Å². The molecule has 0 aromatic heterocycles. The van der Waals surface area contributed by atoms with Crippen molar-refractivity contribution in [1.29, 1.82) is 0 Å². The molecule has 0 saturated carbocycles. The molecule has 0 saturated heterocycles. The molecule has 0 bridgehead atoms. The first-order valence-corrected chi connectivity index (χ1v) is 5.73. The second-order valence-corrected chi connectivity index (χ2v) is 4.80. The lowest BCUT2D eigenvalue weighted by Crippen LogP contribution is -2.45. The second-order valence-electron chi connectivity index (χ2n) is 4.80. The van der Waals surface area contributed by atoms with Crippen molar-refractivity contribution < 1.29 is 4.74 Å². The van der Waals surface area contributed by atoms with E-state index in [-0.39, 0.29) is 29.5 Å². The summed E-state index contributed by atoms with van der Waals surface area (Å²) in [4.78, 5) is 4.18. The molecule has 1 aromatic rings. The van der Waals surface area contributed by atoms with Gasteiger partial charge in [0.15, 0.2) is 5.96 Å². The Kier molecular flexibility index (Phi) is 7.73. The molecule has 18 heavy (non-hydrogen) atoms. The molecule has 0 spiro atoms. The Morgan fingerprint density at radius 1 is 1.28 bits per heavy atom. The number of rotatable bonds is 4. The quantitative estimate of drug-likeness (QED) is 0.374. The highest BCUT2D eigenvalue weighted by atomic mass is 127. The molecule has 0 unspecified atom stereocenters. The molecular weight excluding hydrogens is 341 g/mol. The van der Waals surface area contributed by atoms with Crippen LogP contribution in [0.25, 0.3) is 0 Å². The summed E-state index contributed by atoms with van der Waals surface area (Å²) in [6.45, 7) is 7.18. The van der Waals surface area contributed by atoms with Gasteiger partial charge < -0.3 is 15.8 Å². The first-order valence-electron chi connectivity index (χ1n) is 5.73. The summed E-state index contributed by atoms with van der Waals surface area (Å²) in [7, 11) is 0. The van der Waals surface area contributed by atoms with Crippen LogP contribution in [0.4, 0.5) is 0 Å². The summed E-state index contributed by atoms with van der Waals surface area (Å²) in [5.74, 6) is 1.30. The van der Waals surface area contributed by atoms with Crippen molar-refractivity contribution in [2.24, 2.45) is 10.7 Å². The van der Waals surface area contributed by atoms with Gasteiger partial charge in [-0.3, -0.25) is 0 Å². The Hall–Kier alpha value is -0.980. The van der Waals surface area contributed by atoms with E-state index >= 15 is 0 Å². The minimum atomic E-state index is -0.0616. The summed E-state index contributed by atoms with van der Waals surface area (Å²) in [6, 6.07) is 9.67. The van der Waals surface area contributed by atoms with Crippen LogP contribution >= 0.6 is 24.0 Å². The monoisotopic (exact) mass is 363 g/mol. The molecule has 0 fully saturated rings. The van der Waals surface area contributed by atoms with E-state index in [4.69, 9.17) is 10.5 Å². The Bertz CT molecular complexity index is 360. The lowest BCUT2D eigenvalue weighted by molar-refractivity contribution is 0.328. The van der Waals surface area contributed by atoms with Gasteiger partial charge in [0.25, 0.3) is 0 Å². The van der Waals surface area contributed by atoms with Crippen LogP contribution in [0, 0.1) is 0 Å². The molecule has 0 aliphatic carbocycles. The van der Waals surface area contributed by atoms with Crippen LogP contribution in [0.5, 0.6) is 5.75 Å². The van der Waals surface area contributed by atoms with Crippen molar-refractivity contribution >= 4 is 29.9 Å². The van der Waals surface area contributed by atoms with E-state index in [1.54, 1.807) is 0 Å². The van der Waals surface area contributed by atoms with E-state index in [9.17, 15) is 0 Å². The maximum absolute atomic E-state index is 5.72. The van der Waals surface area contributed by atoms with E-state index in [1.165, 1.54) is 0 Å². The van der Waals surface area contributed by atoms with Crippen LogP contribution in [-0.4, -0.2) is 24.7 Å². The fourth-order valence-electron chi connectivity index (χ4n) is 1.27. The summed E-state index contributed by atoms with van der Waals surface area (Å²) in [5, 5.41) is 3.09. The SMILES string of the molecule is CC(C)(C)NC(N)=NCCOc1ccccc1.I. The van der Waals surface area contributed by atoms with Crippen LogP contribution in [0.15, 0.2) is 35.3 Å². The normalized spacial score (nSPS) is 11.6. The zero-order chi connectivity index (χ0) is 12.7. The van der Waals surface area contributed by atoms with Crippen molar-refractivity contribution in [3.63, 3.8) is 0 Å². The van der Waals surface area contributed by atoms with Gasteiger partial charge >= 0.3 is 0 Å². The highest BCUT2D eigenvalue weighted by molar-refractivity contribution is 14.0. The maximum Gasteiger partial charge on any atom is 0.189 e. The number of nitrogens with two attached hydrogens (primary N) is 1. The number of hydrogen-bond donors (Lipinski definition) is 2. The third-order valence-electron chi connectivity index (χ3n) is 1.89. The molecule has 102 valence electrons. The number of nitrogens with one attached hydrogen (secondary N) is 1. The number of guanidine groups is 1. The van der Waals surface area contributed by atoms with Crippen molar-refractivity contribution in [3.05, 3.63) is 30.3 Å². The molecule has 0 atom stereocenters. The second kappa shape index (κ2) is 8.18. The van der Waals surface area contributed by atoms with Crippen LogP contribution in [0.3, 0.4) is 0 Å². The zero-order valence-corrected chi connectivity index (χ0v) is 13.5. The molecule has 0 radical (unpaired) electrons. The van der Waals surface area contributed by atoms with E-state index in [1.807, 2.05) is 51.1 Å². The number of aliphatic imine (C=N–C) groups is 1. The average molecular weight is 363 g/mol. The maximum atomic E-state index is 5.72. The molecule has 3 N–H and O–H groups in total. The largest absolute Gasteiger partial charge is 0.492 e. The lowest BCUT2D eigenvalue weighted by atomic mass is 10.1. The molecule has 0 amide bonds. The number of para-hydroxylation sites is 1. The Morgan fingerprint density at radius 3 is 2.44 bits per heavy atom. The molecule has 0 heterocycles. The predicted octanol–water partition coefficient (Wildman–Crippen LogP) is 2.39. The number of halogens is 1. The van der Waals surface area contributed by atoms with Crippen molar-refractivity contribution in [2.75, 3.05) is 13.2 Å². The van der Waals surface area contributed by atoms with Crippen molar-refractivity contribution in [2.45, 2.75) is 26.3 Å². The van der Waals surface area contributed by atoms with E-state index in [2.05, 4.69) is 10.3 Å². The van der Waals surface area contributed by atoms with Crippen LogP contribution < -0.4 is 15.8 Å². The fourth-order valence-corrected chi connectivity index (χ4v) is 1.27. The average Bonchev–Trinajstić information content (AvgIpc) is 2.23.